The van der Waals surface area contributed by atoms with E-state index >= 15 is 0 Å². The SMILES string of the molecule is COC(=O)[C@H](N)C(C)(C)SC(=O)OCOC(=O)C1CCCCC1. The standard InChI is InChI=1S/C15H25NO6S/c1-15(2,11(16)13(18)20-3)23-14(19)22-9-21-12(17)10-7-5-4-6-8-10/h10-11H,4-9,16H2,1-3H3/t11-/m0/s1. The van der Waals surface area contributed by atoms with Crippen LogP contribution in [0.15, 0.2) is 0 Å². The van der Waals surface area contributed by atoms with Crippen LogP contribution in [0.2, 0.25) is 0 Å². The molecule has 8 heteroatoms. The molecule has 2 N–H and O–H groups in total. The predicted octanol–water partition coefficient (Wildman–Crippen LogP) is 2.22. The molecule has 23 heavy (non-hydrogen) atoms. The lowest BCUT2D eigenvalue weighted by Gasteiger charge is -2.27. The summed E-state index contributed by atoms with van der Waals surface area (Å²) in [4.78, 5) is 35.0. The van der Waals surface area contributed by atoms with Crippen LogP contribution in [0.25, 0.3) is 0 Å². The molecule has 0 aromatic carbocycles. The van der Waals surface area contributed by atoms with Gasteiger partial charge in [-0.2, -0.15) is 0 Å². The first-order chi connectivity index (χ1) is 10.8. The lowest BCUT2D eigenvalue weighted by molar-refractivity contribution is -0.157. The highest BCUT2D eigenvalue weighted by Crippen LogP contribution is 2.29. The maximum absolute atomic E-state index is 11.8. The van der Waals surface area contributed by atoms with Crippen molar-refractivity contribution in [3.05, 3.63) is 0 Å². The first-order valence-corrected chi connectivity index (χ1v) is 8.45. The fourth-order valence-corrected chi connectivity index (χ4v) is 3.07. The zero-order chi connectivity index (χ0) is 17.5. The van der Waals surface area contributed by atoms with E-state index in [2.05, 4.69) is 4.74 Å². The molecule has 0 heterocycles. The molecule has 0 amide bonds. The molecule has 0 unspecified atom stereocenters. The molecule has 0 spiro atoms. The van der Waals surface area contributed by atoms with Crippen molar-refractivity contribution in [3.63, 3.8) is 0 Å². The fourth-order valence-electron chi connectivity index (χ4n) is 2.31. The van der Waals surface area contributed by atoms with E-state index in [1.807, 2.05) is 0 Å². The molecule has 0 bridgehead atoms. The second-order valence-corrected chi connectivity index (χ2v) is 7.61. The average molecular weight is 347 g/mol. The molecular weight excluding hydrogens is 322 g/mol. The summed E-state index contributed by atoms with van der Waals surface area (Å²) in [6.07, 6.45) is 4.83. The third-order valence-corrected chi connectivity index (χ3v) is 4.93. The Morgan fingerprint density at radius 2 is 1.78 bits per heavy atom. The number of methoxy groups -OCH3 is 1. The molecule has 1 atom stereocenters. The molecule has 1 fully saturated rings. The number of rotatable bonds is 6. The van der Waals surface area contributed by atoms with Crippen LogP contribution >= 0.6 is 11.8 Å². The van der Waals surface area contributed by atoms with Gasteiger partial charge in [-0.1, -0.05) is 19.3 Å². The van der Waals surface area contributed by atoms with Crippen LogP contribution < -0.4 is 5.73 Å². The van der Waals surface area contributed by atoms with Gasteiger partial charge in [-0.15, -0.1) is 0 Å². The second kappa shape index (κ2) is 9.12. The van der Waals surface area contributed by atoms with Crippen LogP contribution in [0.5, 0.6) is 0 Å². The summed E-state index contributed by atoms with van der Waals surface area (Å²) >= 11 is 0.763. The number of esters is 2. The Balaban J connectivity index is 2.33. The molecule has 1 saturated carbocycles. The maximum atomic E-state index is 11.8. The van der Waals surface area contributed by atoms with Crippen molar-refractivity contribution < 1.29 is 28.6 Å². The zero-order valence-corrected chi connectivity index (χ0v) is 14.6. The zero-order valence-electron chi connectivity index (χ0n) is 13.8. The minimum atomic E-state index is -0.977. The summed E-state index contributed by atoms with van der Waals surface area (Å²) in [6.45, 7) is 2.84. The van der Waals surface area contributed by atoms with Gasteiger partial charge >= 0.3 is 17.2 Å². The highest BCUT2D eigenvalue weighted by atomic mass is 32.2. The van der Waals surface area contributed by atoms with Gasteiger partial charge in [-0.05, 0) is 38.5 Å². The topological polar surface area (TPSA) is 105 Å². The third kappa shape index (κ3) is 6.39. The van der Waals surface area contributed by atoms with Crippen molar-refractivity contribution in [3.8, 4) is 0 Å². The molecule has 132 valence electrons. The quantitative estimate of drug-likeness (QED) is 0.576. The number of ether oxygens (including phenoxy) is 3. The fraction of sp³-hybridized carbons (Fsp3) is 0.800. The molecule has 0 aliphatic heterocycles. The van der Waals surface area contributed by atoms with Gasteiger partial charge < -0.3 is 19.9 Å². The van der Waals surface area contributed by atoms with Crippen molar-refractivity contribution >= 4 is 29.0 Å². The molecule has 1 rings (SSSR count). The highest BCUT2D eigenvalue weighted by molar-refractivity contribution is 8.14. The van der Waals surface area contributed by atoms with E-state index < -0.39 is 28.9 Å². The van der Waals surface area contributed by atoms with E-state index in [9.17, 15) is 14.4 Å². The largest absolute Gasteiger partial charge is 0.468 e. The van der Waals surface area contributed by atoms with Crippen molar-refractivity contribution in [2.75, 3.05) is 13.9 Å². The number of nitrogens with two attached hydrogens (primary N) is 1. The van der Waals surface area contributed by atoms with Crippen molar-refractivity contribution in [1.29, 1.82) is 0 Å². The number of thioether (sulfide) groups is 1. The molecule has 7 nitrogen and oxygen atoms in total. The molecule has 0 saturated heterocycles. The number of carbonyl (C=O) groups excluding carboxylic acids is 3. The van der Waals surface area contributed by atoms with E-state index in [1.54, 1.807) is 13.8 Å². The van der Waals surface area contributed by atoms with Crippen molar-refractivity contribution in [1.82, 2.24) is 0 Å². The Morgan fingerprint density at radius 3 is 2.35 bits per heavy atom. The summed E-state index contributed by atoms with van der Waals surface area (Å²) in [5.74, 6) is -1.04. The lowest BCUT2D eigenvalue weighted by atomic mass is 9.89. The molecule has 0 aromatic rings. The number of hydrogen-bond donors (Lipinski definition) is 1. The number of hydrogen-bond acceptors (Lipinski definition) is 8. The molecule has 1 aliphatic rings. The second-order valence-electron chi connectivity index (χ2n) is 6.02. The van der Waals surface area contributed by atoms with Gasteiger partial charge in [0.2, 0.25) is 6.79 Å². The van der Waals surface area contributed by atoms with Crippen LogP contribution in [-0.4, -0.2) is 41.9 Å². The van der Waals surface area contributed by atoms with Gasteiger partial charge in [0.05, 0.1) is 13.0 Å². The van der Waals surface area contributed by atoms with Crippen LogP contribution in [0, 0.1) is 5.92 Å². The monoisotopic (exact) mass is 347 g/mol. The highest BCUT2D eigenvalue weighted by Gasteiger charge is 2.36. The van der Waals surface area contributed by atoms with E-state index in [0.29, 0.717) is 0 Å². The van der Waals surface area contributed by atoms with Gasteiger partial charge in [-0.25, -0.2) is 4.79 Å². The van der Waals surface area contributed by atoms with Crippen molar-refractivity contribution in [2.24, 2.45) is 11.7 Å². The molecule has 0 aromatic heterocycles. The lowest BCUT2D eigenvalue weighted by Crippen LogP contribution is -2.48. The van der Waals surface area contributed by atoms with Crippen LogP contribution in [0.3, 0.4) is 0 Å². The van der Waals surface area contributed by atoms with Crippen LogP contribution in [-0.2, 0) is 23.8 Å². The van der Waals surface area contributed by atoms with Gasteiger partial charge in [0.15, 0.2) is 0 Å². The Kier molecular flexibility index (Phi) is 7.84. The van der Waals surface area contributed by atoms with E-state index in [-0.39, 0.29) is 11.9 Å². The maximum Gasteiger partial charge on any atom is 0.370 e. The molecule has 1 aliphatic carbocycles. The van der Waals surface area contributed by atoms with Crippen LogP contribution in [0.4, 0.5) is 4.79 Å². The summed E-state index contributed by atoms with van der Waals surface area (Å²) < 4.78 is 13.5. The van der Waals surface area contributed by atoms with E-state index in [1.165, 1.54) is 7.11 Å². The van der Waals surface area contributed by atoms with E-state index in [4.69, 9.17) is 15.2 Å². The third-order valence-electron chi connectivity index (χ3n) is 3.87. The minimum Gasteiger partial charge on any atom is -0.468 e. The van der Waals surface area contributed by atoms with Crippen molar-refractivity contribution in [2.45, 2.75) is 56.7 Å². The average Bonchev–Trinajstić information content (AvgIpc) is 2.53. The summed E-state index contributed by atoms with van der Waals surface area (Å²) in [5, 5.41) is -0.661. The molecular formula is C15H25NO6S. The summed E-state index contributed by atoms with van der Waals surface area (Å²) in [5.41, 5.74) is 5.74. The summed E-state index contributed by atoms with van der Waals surface area (Å²) in [7, 11) is 1.23. The van der Waals surface area contributed by atoms with Gasteiger partial charge in [0.25, 0.3) is 0 Å². The van der Waals surface area contributed by atoms with Gasteiger partial charge in [0.1, 0.15) is 6.04 Å². The first-order valence-electron chi connectivity index (χ1n) is 7.63. The Hall–Kier alpha value is -1.28. The predicted molar refractivity (Wildman–Crippen MR) is 85.7 cm³/mol. The Labute approximate surface area is 140 Å². The number of carbonyl (C=O) groups is 3. The normalized spacial score (nSPS) is 17.2. The van der Waals surface area contributed by atoms with Gasteiger partial charge in [-0.3, -0.25) is 9.59 Å². The van der Waals surface area contributed by atoms with Gasteiger partial charge in [0, 0.05) is 4.75 Å². The minimum absolute atomic E-state index is 0.0979. The summed E-state index contributed by atoms with van der Waals surface area (Å²) in [6, 6.07) is -0.977. The smallest absolute Gasteiger partial charge is 0.370 e. The Bertz CT molecular complexity index is 434. The first kappa shape index (κ1) is 19.8. The molecule has 0 radical (unpaired) electrons. The van der Waals surface area contributed by atoms with E-state index in [0.717, 1.165) is 43.9 Å². The van der Waals surface area contributed by atoms with Crippen LogP contribution in [0.1, 0.15) is 46.0 Å². The Morgan fingerprint density at radius 1 is 1.17 bits per heavy atom.